The van der Waals surface area contributed by atoms with E-state index in [1.165, 1.54) is 6.07 Å². The zero-order valence-corrected chi connectivity index (χ0v) is 7.30. The maximum absolute atomic E-state index is 12.7. The van der Waals surface area contributed by atoms with Crippen molar-refractivity contribution in [1.82, 2.24) is 0 Å². The smallest absolute Gasteiger partial charge is 0.162 e. The lowest BCUT2D eigenvalue weighted by Crippen LogP contribution is -2.33. The van der Waals surface area contributed by atoms with E-state index >= 15 is 0 Å². The van der Waals surface area contributed by atoms with Crippen molar-refractivity contribution in [2.24, 2.45) is 0 Å². The summed E-state index contributed by atoms with van der Waals surface area (Å²) in [6, 6.07) is 3.34. The van der Waals surface area contributed by atoms with Gasteiger partial charge in [-0.15, -0.1) is 0 Å². The van der Waals surface area contributed by atoms with Gasteiger partial charge in [-0.05, 0) is 12.1 Å². The van der Waals surface area contributed by atoms with Crippen molar-refractivity contribution in [3.63, 3.8) is 0 Å². The van der Waals surface area contributed by atoms with Gasteiger partial charge in [0.05, 0.1) is 0 Å². The molecule has 0 spiro atoms. The molecule has 1 aromatic rings. The van der Waals surface area contributed by atoms with Gasteiger partial charge in [0.25, 0.3) is 0 Å². The molecule has 4 heteroatoms. The Balaban J connectivity index is 2.03. The zero-order valence-electron chi connectivity index (χ0n) is 7.30. The van der Waals surface area contributed by atoms with E-state index in [4.69, 9.17) is 4.74 Å². The van der Waals surface area contributed by atoms with E-state index in [-0.39, 0.29) is 17.6 Å². The normalized spacial score (nSPS) is 16.6. The van der Waals surface area contributed by atoms with E-state index in [9.17, 15) is 13.6 Å². The first-order chi connectivity index (χ1) is 6.65. The topological polar surface area (TPSA) is 26.3 Å². The first kappa shape index (κ1) is 9.12. The van der Waals surface area contributed by atoms with Crippen LogP contribution in [0.5, 0.6) is 5.75 Å². The number of Topliss-reactive ketones (excluding diaryl/α,β-unsaturated/α-hetero) is 1. The molecular weight excluding hydrogens is 190 g/mol. The number of ketones is 1. The van der Waals surface area contributed by atoms with Crippen LogP contribution in [0, 0.1) is 11.6 Å². The number of carbonyl (C=O) groups is 1. The number of hydrogen-bond acceptors (Lipinski definition) is 2. The van der Waals surface area contributed by atoms with E-state index in [2.05, 4.69) is 0 Å². The molecule has 2 rings (SSSR count). The van der Waals surface area contributed by atoms with Crippen molar-refractivity contribution in [3.8, 4) is 5.75 Å². The molecule has 1 aliphatic carbocycles. The minimum absolute atomic E-state index is 0.137. The summed E-state index contributed by atoms with van der Waals surface area (Å²) in [7, 11) is 0. The summed E-state index contributed by atoms with van der Waals surface area (Å²) >= 11 is 0. The Hall–Kier alpha value is -1.45. The molecule has 0 aromatic heterocycles. The molecule has 2 nitrogen and oxygen atoms in total. The molecule has 1 fully saturated rings. The monoisotopic (exact) mass is 198 g/mol. The highest BCUT2D eigenvalue weighted by Crippen LogP contribution is 2.23. The van der Waals surface area contributed by atoms with Gasteiger partial charge in [-0.3, -0.25) is 4.79 Å². The molecule has 0 aliphatic heterocycles. The van der Waals surface area contributed by atoms with E-state index in [0.717, 1.165) is 12.1 Å². The summed E-state index contributed by atoms with van der Waals surface area (Å²) < 4.78 is 30.4. The molecular formula is C10H8F2O2. The molecule has 0 unspecified atom stereocenters. The molecule has 0 radical (unpaired) electrons. The second-order valence-corrected chi connectivity index (χ2v) is 3.26. The average Bonchev–Trinajstić information content (AvgIpc) is 2.09. The Morgan fingerprint density at radius 2 is 1.93 bits per heavy atom. The van der Waals surface area contributed by atoms with Crippen molar-refractivity contribution < 1.29 is 18.3 Å². The third-order valence-corrected chi connectivity index (χ3v) is 2.10. The van der Waals surface area contributed by atoms with Crippen LogP contribution >= 0.6 is 0 Å². The quantitative estimate of drug-likeness (QED) is 0.727. The number of rotatable bonds is 2. The lowest BCUT2D eigenvalue weighted by molar-refractivity contribution is -0.129. The molecule has 0 bridgehead atoms. The lowest BCUT2D eigenvalue weighted by atomic mass is 9.94. The van der Waals surface area contributed by atoms with Gasteiger partial charge < -0.3 is 4.74 Å². The van der Waals surface area contributed by atoms with Crippen LogP contribution in [0.4, 0.5) is 8.78 Å². The van der Waals surface area contributed by atoms with Crippen molar-refractivity contribution in [3.05, 3.63) is 29.8 Å². The SMILES string of the molecule is O=C1CC(Oc2ccc(F)c(F)c2)C1. The fraction of sp³-hybridized carbons (Fsp3) is 0.300. The first-order valence-electron chi connectivity index (χ1n) is 4.28. The summed E-state index contributed by atoms with van der Waals surface area (Å²) in [6.45, 7) is 0. The van der Waals surface area contributed by atoms with Crippen LogP contribution in [0.3, 0.4) is 0 Å². The van der Waals surface area contributed by atoms with E-state index in [1.807, 2.05) is 0 Å². The molecule has 1 aliphatic rings. The van der Waals surface area contributed by atoms with Crippen LogP contribution in [0.2, 0.25) is 0 Å². The maximum Gasteiger partial charge on any atom is 0.162 e. The number of benzene rings is 1. The van der Waals surface area contributed by atoms with Gasteiger partial charge in [0.15, 0.2) is 11.6 Å². The average molecular weight is 198 g/mol. The summed E-state index contributed by atoms with van der Waals surface area (Å²) in [5.74, 6) is -1.44. The Kier molecular flexibility index (Phi) is 2.19. The summed E-state index contributed by atoms with van der Waals surface area (Å²) in [5.41, 5.74) is 0. The fourth-order valence-corrected chi connectivity index (χ4v) is 1.27. The van der Waals surface area contributed by atoms with Gasteiger partial charge in [-0.2, -0.15) is 0 Å². The third-order valence-electron chi connectivity index (χ3n) is 2.10. The number of carbonyl (C=O) groups excluding carboxylic acids is 1. The molecule has 1 aromatic carbocycles. The predicted octanol–water partition coefficient (Wildman–Crippen LogP) is 2.08. The zero-order chi connectivity index (χ0) is 10.1. The summed E-state index contributed by atoms with van der Waals surface area (Å²) in [5, 5.41) is 0. The Labute approximate surface area is 79.5 Å². The molecule has 0 atom stereocenters. The Bertz CT molecular complexity index is 368. The molecule has 0 heterocycles. The van der Waals surface area contributed by atoms with Crippen molar-refractivity contribution >= 4 is 5.78 Å². The van der Waals surface area contributed by atoms with Gasteiger partial charge in [-0.25, -0.2) is 8.78 Å². The number of hydrogen-bond donors (Lipinski definition) is 0. The molecule has 74 valence electrons. The van der Waals surface area contributed by atoms with Gasteiger partial charge in [0, 0.05) is 18.9 Å². The molecule has 14 heavy (non-hydrogen) atoms. The van der Waals surface area contributed by atoms with Gasteiger partial charge >= 0.3 is 0 Å². The second-order valence-electron chi connectivity index (χ2n) is 3.26. The standard InChI is InChI=1S/C10H8F2O2/c11-9-2-1-7(5-10(9)12)14-8-3-6(13)4-8/h1-2,5,8H,3-4H2. The minimum atomic E-state index is -0.937. The molecule has 0 amide bonds. The van der Waals surface area contributed by atoms with Crippen LogP contribution < -0.4 is 4.74 Å². The molecule has 0 N–H and O–H groups in total. The highest BCUT2D eigenvalue weighted by molar-refractivity contribution is 5.85. The Morgan fingerprint density at radius 1 is 1.21 bits per heavy atom. The van der Waals surface area contributed by atoms with Crippen molar-refractivity contribution in [2.75, 3.05) is 0 Å². The maximum atomic E-state index is 12.7. The first-order valence-corrected chi connectivity index (χ1v) is 4.28. The van der Waals surface area contributed by atoms with E-state index in [0.29, 0.717) is 12.8 Å². The highest BCUT2D eigenvalue weighted by atomic mass is 19.2. The largest absolute Gasteiger partial charge is 0.489 e. The lowest BCUT2D eigenvalue weighted by Gasteiger charge is -2.25. The van der Waals surface area contributed by atoms with Crippen LogP contribution in [-0.4, -0.2) is 11.9 Å². The number of ether oxygens (including phenoxy) is 1. The minimum Gasteiger partial charge on any atom is -0.489 e. The predicted molar refractivity (Wildman–Crippen MR) is 45.0 cm³/mol. The van der Waals surface area contributed by atoms with Gasteiger partial charge in [-0.1, -0.05) is 0 Å². The van der Waals surface area contributed by atoms with E-state index < -0.39 is 11.6 Å². The van der Waals surface area contributed by atoms with Crippen LogP contribution in [0.1, 0.15) is 12.8 Å². The van der Waals surface area contributed by atoms with Crippen molar-refractivity contribution in [1.29, 1.82) is 0 Å². The summed E-state index contributed by atoms with van der Waals surface area (Å²) in [4.78, 5) is 10.6. The van der Waals surface area contributed by atoms with Crippen LogP contribution in [0.15, 0.2) is 18.2 Å². The molecule has 1 saturated carbocycles. The molecule has 0 saturated heterocycles. The van der Waals surface area contributed by atoms with Crippen LogP contribution in [-0.2, 0) is 4.79 Å². The number of halogens is 2. The van der Waals surface area contributed by atoms with Crippen LogP contribution in [0.25, 0.3) is 0 Å². The Morgan fingerprint density at radius 3 is 2.50 bits per heavy atom. The highest BCUT2D eigenvalue weighted by Gasteiger charge is 2.28. The summed E-state index contributed by atoms with van der Waals surface area (Å²) in [6.07, 6.45) is 0.546. The van der Waals surface area contributed by atoms with Gasteiger partial charge in [0.2, 0.25) is 0 Å². The fourth-order valence-electron chi connectivity index (χ4n) is 1.27. The second kappa shape index (κ2) is 3.36. The van der Waals surface area contributed by atoms with Crippen molar-refractivity contribution in [2.45, 2.75) is 18.9 Å². The third kappa shape index (κ3) is 1.73. The van der Waals surface area contributed by atoms with E-state index in [1.54, 1.807) is 0 Å². The van der Waals surface area contributed by atoms with Gasteiger partial charge in [0.1, 0.15) is 17.6 Å².